The van der Waals surface area contributed by atoms with Crippen LogP contribution in [0.4, 0.5) is 0 Å². The second kappa shape index (κ2) is 7.31. The Kier molecular flexibility index (Phi) is 4.75. The summed E-state index contributed by atoms with van der Waals surface area (Å²) in [5.41, 5.74) is -1.43. The molecule has 8 heteroatoms. The Hall–Kier alpha value is -3.39. The fourth-order valence-corrected chi connectivity index (χ4v) is 5.39. The topological polar surface area (TPSA) is 105 Å². The molecule has 0 bridgehead atoms. The normalized spacial score (nSPS) is 28.7. The van der Waals surface area contributed by atoms with Crippen molar-refractivity contribution in [3.63, 3.8) is 0 Å². The second-order valence-electron chi connectivity index (χ2n) is 9.69. The van der Waals surface area contributed by atoms with Crippen LogP contribution in [0.5, 0.6) is 11.5 Å². The van der Waals surface area contributed by atoms with E-state index in [9.17, 15) is 19.5 Å². The maximum Gasteiger partial charge on any atom is 0.329 e. The van der Waals surface area contributed by atoms with E-state index in [1.54, 1.807) is 69.3 Å². The van der Waals surface area contributed by atoms with E-state index >= 15 is 0 Å². The predicted molar refractivity (Wildman–Crippen MR) is 118 cm³/mol. The molecule has 5 rings (SSSR count). The Balaban J connectivity index is 1.70. The van der Waals surface area contributed by atoms with E-state index in [1.165, 1.54) is 4.90 Å². The largest absolute Gasteiger partial charge is 0.486 e. The number of imide groups is 1. The Labute approximate surface area is 191 Å². The first-order valence-corrected chi connectivity index (χ1v) is 11.0. The lowest BCUT2D eigenvalue weighted by molar-refractivity contribution is -0.154. The van der Waals surface area contributed by atoms with Gasteiger partial charge in [0.05, 0.1) is 11.8 Å². The van der Waals surface area contributed by atoms with Gasteiger partial charge in [-0.3, -0.25) is 19.8 Å². The molecule has 3 aliphatic heterocycles. The highest BCUT2D eigenvalue weighted by atomic mass is 16.6. The third kappa shape index (κ3) is 3.04. The molecule has 2 fully saturated rings. The molecule has 172 valence electrons. The van der Waals surface area contributed by atoms with Crippen molar-refractivity contribution in [3.05, 3.63) is 59.7 Å². The molecule has 0 aliphatic carbocycles. The number of fused-ring (bicyclic) bond motifs is 2. The summed E-state index contributed by atoms with van der Waals surface area (Å²) in [5.74, 6) is -2.88. The first-order chi connectivity index (χ1) is 15.7. The van der Waals surface area contributed by atoms with Gasteiger partial charge < -0.3 is 14.6 Å². The smallest absolute Gasteiger partial charge is 0.329 e. The minimum absolute atomic E-state index is 0.371. The summed E-state index contributed by atoms with van der Waals surface area (Å²) in [5, 5.41) is 13.7. The van der Waals surface area contributed by atoms with Crippen molar-refractivity contribution < 1.29 is 29.0 Å². The Bertz CT molecular complexity index is 1140. The zero-order valence-corrected chi connectivity index (χ0v) is 18.7. The lowest BCUT2D eigenvalue weighted by Crippen LogP contribution is -2.55. The van der Waals surface area contributed by atoms with Crippen molar-refractivity contribution in [1.29, 1.82) is 0 Å². The Morgan fingerprint density at radius 1 is 1.03 bits per heavy atom. The van der Waals surface area contributed by atoms with Crippen LogP contribution in [0.3, 0.4) is 0 Å². The van der Waals surface area contributed by atoms with Crippen molar-refractivity contribution in [3.8, 4) is 11.5 Å². The molecule has 0 spiro atoms. The molecule has 0 saturated carbocycles. The van der Waals surface area contributed by atoms with Crippen molar-refractivity contribution in [2.75, 3.05) is 13.2 Å². The number of carbonyl (C=O) groups excluding carboxylic acids is 2. The minimum atomic E-state index is -1.75. The highest BCUT2D eigenvalue weighted by molar-refractivity contribution is 6.10. The maximum absolute atomic E-state index is 13.7. The molecule has 3 heterocycles. The van der Waals surface area contributed by atoms with Crippen LogP contribution in [-0.4, -0.2) is 46.5 Å². The highest BCUT2D eigenvalue weighted by Crippen LogP contribution is 2.54. The molecular formula is C25H26N2O6. The van der Waals surface area contributed by atoms with E-state index in [2.05, 4.69) is 5.32 Å². The van der Waals surface area contributed by atoms with E-state index in [0.29, 0.717) is 35.8 Å². The third-order valence-corrected chi connectivity index (χ3v) is 6.72. The number of carboxylic acid groups (broad SMARTS) is 1. The number of aliphatic carboxylic acids is 1. The van der Waals surface area contributed by atoms with Gasteiger partial charge in [0.1, 0.15) is 13.2 Å². The number of nitrogens with zero attached hydrogens (tertiary/aromatic N) is 1. The average molecular weight is 450 g/mol. The molecule has 2 amide bonds. The number of rotatable bonds is 3. The number of likely N-dealkylation sites (tertiary alicyclic amines) is 1. The standard InChI is InChI=1S/C25H26N2O6/c1-24(2,3)27-21(28)18-19(22(27)29)25(23(30)31,15-7-5-4-6-8-15)26-20(18)14-9-10-16-17(13-14)33-12-11-32-16/h4-10,13,18-20,26H,11-12H2,1-3H3,(H,30,31). The third-order valence-electron chi connectivity index (χ3n) is 6.72. The number of nitrogens with one attached hydrogen (secondary N) is 1. The Morgan fingerprint density at radius 3 is 2.33 bits per heavy atom. The van der Waals surface area contributed by atoms with Crippen LogP contribution in [-0.2, 0) is 19.9 Å². The number of carbonyl (C=O) groups is 3. The van der Waals surface area contributed by atoms with Gasteiger partial charge in [0.15, 0.2) is 17.0 Å². The van der Waals surface area contributed by atoms with Crippen LogP contribution >= 0.6 is 0 Å². The van der Waals surface area contributed by atoms with Gasteiger partial charge in [-0.05, 0) is 44.0 Å². The van der Waals surface area contributed by atoms with Gasteiger partial charge in [-0.25, -0.2) is 4.79 Å². The summed E-state index contributed by atoms with van der Waals surface area (Å²) in [6, 6.07) is 13.2. The van der Waals surface area contributed by atoms with Crippen LogP contribution < -0.4 is 14.8 Å². The molecule has 2 N–H and O–H groups in total. The molecule has 0 radical (unpaired) electrons. The summed E-state index contributed by atoms with van der Waals surface area (Å²) < 4.78 is 11.3. The van der Waals surface area contributed by atoms with Crippen LogP contribution in [0, 0.1) is 11.8 Å². The van der Waals surface area contributed by atoms with E-state index in [1.807, 2.05) is 0 Å². The van der Waals surface area contributed by atoms with Gasteiger partial charge >= 0.3 is 5.97 Å². The van der Waals surface area contributed by atoms with Crippen LogP contribution in [0.1, 0.15) is 37.9 Å². The lowest BCUT2D eigenvalue weighted by atomic mass is 9.75. The monoisotopic (exact) mass is 450 g/mol. The first kappa shape index (κ1) is 21.5. The van der Waals surface area contributed by atoms with E-state index in [0.717, 1.165) is 0 Å². The number of benzene rings is 2. The van der Waals surface area contributed by atoms with Gasteiger partial charge in [-0.15, -0.1) is 0 Å². The summed E-state index contributed by atoms with van der Waals surface area (Å²) >= 11 is 0. The molecule has 3 aliphatic rings. The summed E-state index contributed by atoms with van der Waals surface area (Å²) in [7, 11) is 0. The molecule has 4 unspecified atom stereocenters. The molecule has 2 saturated heterocycles. The van der Waals surface area contributed by atoms with Crippen molar-refractivity contribution in [2.45, 2.75) is 37.9 Å². The van der Waals surface area contributed by atoms with Crippen LogP contribution in [0.15, 0.2) is 48.5 Å². The van der Waals surface area contributed by atoms with Gasteiger partial charge in [0.25, 0.3) is 0 Å². The molecule has 2 aromatic carbocycles. The van der Waals surface area contributed by atoms with E-state index in [-0.39, 0.29) is 5.91 Å². The maximum atomic E-state index is 13.7. The molecule has 8 nitrogen and oxygen atoms in total. The average Bonchev–Trinajstić information content (AvgIpc) is 3.28. The first-order valence-electron chi connectivity index (χ1n) is 11.0. The molecule has 4 atom stereocenters. The zero-order valence-electron chi connectivity index (χ0n) is 18.7. The van der Waals surface area contributed by atoms with Crippen molar-refractivity contribution in [2.24, 2.45) is 11.8 Å². The highest BCUT2D eigenvalue weighted by Gasteiger charge is 2.70. The van der Waals surface area contributed by atoms with Gasteiger partial charge in [0, 0.05) is 11.6 Å². The van der Waals surface area contributed by atoms with E-state index in [4.69, 9.17) is 9.47 Å². The summed E-state index contributed by atoms with van der Waals surface area (Å²) in [4.78, 5) is 41.5. The van der Waals surface area contributed by atoms with Gasteiger partial charge in [-0.2, -0.15) is 0 Å². The summed E-state index contributed by atoms with van der Waals surface area (Å²) in [6.45, 7) is 6.19. The van der Waals surface area contributed by atoms with Gasteiger partial charge in [-0.1, -0.05) is 36.4 Å². The van der Waals surface area contributed by atoms with E-state index < -0.39 is 40.8 Å². The number of hydrogen-bond acceptors (Lipinski definition) is 6. The second-order valence-corrected chi connectivity index (χ2v) is 9.69. The van der Waals surface area contributed by atoms with Crippen molar-refractivity contribution >= 4 is 17.8 Å². The molecule has 0 aromatic heterocycles. The number of carboxylic acids is 1. The van der Waals surface area contributed by atoms with Crippen LogP contribution in [0.25, 0.3) is 0 Å². The number of hydrogen-bond donors (Lipinski definition) is 2. The molecular weight excluding hydrogens is 424 g/mol. The fourth-order valence-electron chi connectivity index (χ4n) is 5.39. The summed E-state index contributed by atoms with van der Waals surface area (Å²) in [6.07, 6.45) is 0. The fraction of sp³-hybridized carbons (Fsp3) is 0.400. The molecule has 2 aromatic rings. The number of ether oxygens (including phenoxy) is 2. The zero-order chi connectivity index (χ0) is 23.5. The number of amides is 2. The Morgan fingerprint density at radius 2 is 1.70 bits per heavy atom. The lowest BCUT2D eigenvalue weighted by Gasteiger charge is -2.35. The van der Waals surface area contributed by atoms with Crippen molar-refractivity contribution in [1.82, 2.24) is 10.2 Å². The quantitative estimate of drug-likeness (QED) is 0.692. The SMILES string of the molecule is CC(C)(C)N1C(=O)C2C(c3ccc4c(c3)OCCO4)NC(C(=O)O)(c3ccccc3)C2C1=O. The molecule has 33 heavy (non-hydrogen) atoms. The van der Waals surface area contributed by atoms with Crippen LogP contribution in [0.2, 0.25) is 0 Å². The predicted octanol–water partition coefficient (Wildman–Crippen LogP) is 2.48. The van der Waals surface area contributed by atoms with Gasteiger partial charge in [0.2, 0.25) is 11.8 Å². The minimum Gasteiger partial charge on any atom is -0.486 e.